The van der Waals surface area contributed by atoms with Crippen LogP contribution in [-0.4, -0.2) is 11.9 Å². The Morgan fingerprint density at radius 1 is 1.24 bits per heavy atom. The van der Waals surface area contributed by atoms with E-state index in [0.29, 0.717) is 17.9 Å². The quantitative estimate of drug-likeness (QED) is 0.890. The van der Waals surface area contributed by atoms with E-state index in [-0.39, 0.29) is 5.69 Å². The predicted molar refractivity (Wildman–Crippen MR) is 82.8 cm³/mol. The van der Waals surface area contributed by atoms with Crippen LogP contribution in [0.25, 0.3) is 0 Å². The van der Waals surface area contributed by atoms with Gasteiger partial charge in [0.2, 0.25) is 5.91 Å². The topological polar surface area (TPSA) is 55.1 Å². The van der Waals surface area contributed by atoms with Gasteiger partial charge in [0, 0.05) is 5.02 Å². The normalized spacial score (nSPS) is 12.0. The van der Waals surface area contributed by atoms with E-state index in [0.717, 1.165) is 5.56 Å². The molecule has 21 heavy (non-hydrogen) atoms. The summed E-state index contributed by atoms with van der Waals surface area (Å²) in [5.41, 5.74) is 6.98. The molecule has 2 rings (SSSR count). The van der Waals surface area contributed by atoms with E-state index in [1.165, 1.54) is 18.2 Å². The van der Waals surface area contributed by atoms with Gasteiger partial charge in [0.25, 0.3) is 0 Å². The van der Waals surface area contributed by atoms with Crippen LogP contribution >= 0.6 is 11.6 Å². The van der Waals surface area contributed by atoms with Crippen molar-refractivity contribution in [2.45, 2.75) is 18.9 Å². The van der Waals surface area contributed by atoms with Gasteiger partial charge in [-0.2, -0.15) is 0 Å². The van der Waals surface area contributed by atoms with Gasteiger partial charge in [-0.3, -0.25) is 4.79 Å². The minimum atomic E-state index is -0.705. The molecule has 0 saturated heterocycles. The summed E-state index contributed by atoms with van der Waals surface area (Å²) in [6.07, 6.45) is 1.17. The van der Waals surface area contributed by atoms with Crippen LogP contribution in [0.15, 0.2) is 48.5 Å². The lowest BCUT2D eigenvalue weighted by Gasteiger charge is -2.13. The number of carbonyl (C=O) groups is 1. The average Bonchev–Trinajstić information content (AvgIpc) is 2.49. The van der Waals surface area contributed by atoms with Crippen molar-refractivity contribution in [3.63, 3.8) is 0 Å². The number of amides is 1. The third-order valence-corrected chi connectivity index (χ3v) is 3.34. The molecule has 0 spiro atoms. The molecule has 0 aliphatic heterocycles. The lowest BCUT2D eigenvalue weighted by molar-refractivity contribution is -0.117. The Hall–Kier alpha value is -1.91. The molecule has 1 amide bonds. The van der Waals surface area contributed by atoms with Crippen molar-refractivity contribution in [1.82, 2.24) is 0 Å². The van der Waals surface area contributed by atoms with Crippen LogP contribution in [0.4, 0.5) is 10.1 Å². The third kappa shape index (κ3) is 4.55. The number of aryl methyl sites for hydroxylation is 1. The Bertz CT molecular complexity index is 619. The summed E-state index contributed by atoms with van der Waals surface area (Å²) in [4.78, 5) is 12.0. The molecule has 3 nitrogen and oxygen atoms in total. The molecule has 0 aliphatic rings. The van der Waals surface area contributed by atoms with E-state index in [1.54, 1.807) is 0 Å². The Morgan fingerprint density at radius 3 is 2.67 bits per heavy atom. The van der Waals surface area contributed by atoms with E-state index in [1.807, 2.05) is 30.3 Å². The van der Waals surface area contributed by atoms with Crippen molar-refractivity contribution >= 4 is 23.2 Å². The summed E-state index contributed by atoms with van der Waals surface area (Å²) in [5, 5.41) is 2.82. The zero-order valence-corrected chi connectivity index (χ0v) is 12.1. The number of hydrogen-bond donors (Lipinski definition) is 2. The summed E-state index contributed by atoms with van der Waals surface area (Å²) in [5.74, 6) is -0.963. The maximum atomic E-state index is 13.5. The molecule has 0 saturated carbocycles. The Labute approximate surface area is 127 Å². The Morgan fingerprint density at radius 2 is 1.95 bits per heavy atom. The van der Waals surface area contributed by atoms with Crippen molar-refractivity contribution in [3.8, 4) is 0 Å². The minimum Gasteiger partial charge on any atom is -0.322 e. The number of anilines is 1. The van der Waals surface area contributed by atoms with Crippen LogP contribution in [0.5, 0.6) is 0 Å². The van der Waals surface area contributed by atoms with Crippen LogP contribution in [0.2, 0.25) is 5.02 Å². The van der Waals surface area contributed by atoms with Crippen LogP contribution in [0.1, 0.15) is 12.0 Å². The number of nitrogens with one attached hydrogen (secondary N) is 1. The van der Waals surface area contributed by atoms with Crippen molar-refractivity contribution in [2.24, 2.45) is 5.73 Å². The summed E-state index contributed by atoms with van der Waals surface area (Å²) < 4.78 is 13.5. The zero-order chi connectivity index (χ0) is 15.2. The highest BCUT2D eigenvalue weighted by Crippen LogP contribution is 2.19. The molecule has 1 atom stereocenters. The summed E-state index contributed by atoms with van der Waals surface area (Å²) in [6, 6.07) is 13.0. The van der Waals surface area contributed by atoms with Gasteiger partial charge in [0.05, 0.1) is 11.7 Å². The molecule has 110 valence electrons. The van der Waals surface area contributed by atoms with Crippen LogP contribution < -0.4 is 11.1 Å². The fourth-order valence-electron chi connectivity index (χ4n) is 1.92. The minimum absolute atomic E-state index is 0.0441. The van der Waals surface area contributed by atoms with Crippen LogP contribution in [-0.2, 0) is 11.2 Å². The highest BCUT2D eigenvalue weighted by atomic mass is 35.5. The molecule has 0 fully saturated rings. The fraction of sp³-hybridized carbons (Fsp3) is 0.188. The maximum absolute atomic E-state index is 13.5. The number of benzene rings is 2. The number of hydrogen-bond acceptors (Lipinski definition) is 2. The zero-order valence-electron chi connectivity index (χ0n) is 11.4. The third-order valence-electron chi connectivity index (χ3n) is 3.11. The molecular formula is C16H16ClFN2O. The van der Waals surface area contributed by atoms with Gasteiger partial charge in [-0.05, 0) is 36.6 Å². The van der Waals surface area contributed by atoms with Gasteiger partial charge in [-0.1, -0.05) is 41.9 Å². The SMILES string of the molecule is N[C@H](CCc1ccccc1)C(=O)Nc1cc(Cl)ccc1F. The maximum Gasteiger partial charge on any atom is 0.241 e. The first-order valence-electron chi connectivity index (χ1n) is 6.61. The van der Waals surface area contributed by atoms with Gasteiger partial charge < -0.3 is 11.1 Å². The van der Waals surface area contributed by atoms with E-state index in [9.17, 15) is 9.18 Å². The van der Waals surface area contributed by atoms with Crippen molar-refractivity contribution in [2.75, 3.05) is 5.32 Å². The molecule has 0 unspecified atom stereocenters. The standard InChI is InChI=1S/C16H16ClFN2O/c17-12-7-8-13(18)15(10-12)20-16(21)14(19)9-6-11-4-2-1-3-5-11/h1-5,7-8,10,14H,6,9,19H2,(H,20,21)/t14-/m1/s1. The Kier molecular flexibility index (Phi) is 5.31. The van der Waals surface area contributed by atoms with E-state index >= 15 is 0 Å². The summed E-state index contributed by atoms with van der Waals surface area (Å²) in [7, 11) is 0. The molecule has 2 aromatic rings. The number of halogens is 2. The smallest absolute Gasteiger partial charge is 0.241 e. The number of carbonyl (C=O) groups excluding carboxylic acids is 1. The monoisotopic (exact) mass is 306 g/mol. The summed E-state index contributed by atoms with van der Waals surface area (Å²) in [6.45, 7) is 0. The highest BCUT2D eigenvalue weighted by Gasteiger charge is 2.15. The van der Waals surface area contributed by atoms with Gasteiger partial charge in [0.1, 0.15) is 5.82 Å². The highest BCUT2D eigenvalue weighted by molar-refractivity contribution is 6.30. The van der Waals surface area contributed by atoms with Gasteiger partial charge in [-0.15, -0.1) is 0 Å². The number of rotatable bonds is 5. The van der Waals surface area contributed by atoms with Crippen LogP contribution in [0, 0.1) is 5.82 Å². The first-order valence-corrected chi connectivity index (χ1v) is 6.99. The molecule has 0 heterocycles. The lowest BCUT2D eigenvalue weighted by Crippen LogP contribution is -2.36. The molecule has 3 N–H and O–H groups in total. The van der Waals surface area contributed by atoms with Crippen LogP contribution in [0.3, 0.4) is 0 Å². The first kappa shape index (κ1) is 15.5. The van der Waals surface area contributed by atoms with Crippen molar-refractivity contribution in [1.29, 1.82) is 0 Å². The average molecular weight is 307 g/mol. The van der Waals surface area contributed by atoms with E-state index in [4.69, 9.17) is 17.3 Å². The molecule has 0 aliphatic carbocycles. The van der Waals surface area contributed by atoms with E-state index in [2.05, 4.69) is 5.32 Å². The second-order valence-electron chi connectivity index (χ2n) is 4.74. The fourth-order valence-corrected chi connectivity index (χ4v) is 2.09. The molecule has 0 aromatic heterocycles. The van der Waals surface area contributed by atoms with Crippen molar-refractivity contribution in [3.05, 3.63) is 64.9 Å². The van der Waals surface area contributed by atoms with E-state index < -0.39 is 17.8 Å². The lowest BCUT2D eigenvalue weighted by atomic mass is 10.1. The predicted octanol–water partition coefficient (Wildman–Crippen LogP) is 3.38. The van der Waals surface area contributed by atoms with Gasteiger partial charge in [-0.25, -0.2) is 4.39 Å². The molecular weight excluding hydrogens is 291 g/mol. The van der Waals surface area contributed by atoms with Gasteiger partial charge >= 0.3 is 0 Å². The molecule has 5 heteroatoms. The second-order valence-corrected chi connectivity index (χ2v) is 5.18. The van der Waals surface area contributed by atoms with Gasteiger partial charge in [0.15, 0.2) is 0 Å². The molecule has 0 bridgehead atoms. The molecule has 0 radical (unpaired) electrons. The second kappa shape index (κ2) is 7.20. The van der Waals surface area contributed by atoms with Crippen molar-refractivity contribution < 1.29 is 9.18 Å². The molecule has 2 aromatic carbocycles. The first-order chi connectivity index (χ1) is 10.1. The number of nitrogens with two attached hydrogens (primary N) is 1. The Balaban J connectivity index is 1.92. The largest absolute Gasteiger partial charge is 0.322 e. The summed E-state index contributed by atoms with van der Waals surface area (Å²) >= 11 is 5.77.